The van der Waals surface area contributed by atoms with E-state index in [0.29, 0.717) is 24.1 Å². The quantitative estimate of drug-likeness (QED) is 0.757. The second-order valence-corrected chi connectivity index (χ2v) is 11.2. The van der Waals surface area contributed by atoms with Crippen LogP contribution in [0, 0.1) is 16.7 Å². The van der Waals surface area contributed by atoms with Crippen molar-refractivity contribution in [2.75, 3.05) is 13.1 Å². The van der Waals surface area contributed by atoms with Crippen LogP contribution in [0.4, 0.5) is 0 Å². The second-order valence-electron chi connectivity index (χ2n) is 9.31. The van der Waals surface area contributed by atoms with E-state index in [1.165, 1.54) is 0 Å². The fourth-order valence-electron chi connectivity index (χ4n) is 4.59. The summed E-state index contributed by atoms with van der Waals surface area (Å²) in [5, 5.41) is 7.81. The third-order valence-electron chi connectivity index (χ3n) is 7.18. The smallest absolute Gasteiger partial charge is 0.271 e. The molecule has 7 heteroatoms. The Bertz CT molecular complexity index is 879. The summed E-state index contributed by atoms with van der Waals surface area (Å²) in [6.07, 6.45) is 1.84. The maximum Gasteiger partial charge on any atom is 0.271 e. The SMILES string of the molecule is CC1(C)C(C(=O)N2CCC(c3nc(C(=O)NCc4cccs4)cs3)CC2)C1(C)C. The predicted octanol–water partition coefficient (Wildman–Crippen LogP) is 4.52. The average molecular weight is 432 g/mol. The fraction of sp³-hybridized carbons (Fsp3) is 0.591. The van der Waals surface area contributed by atoms with Gasteiger partial charge in [-0.1, -0.05) is 33.8 Å². The summed E-state index contributed by atoms with van der Waals surface area (Å²) < 4.78 is 0. The topological polar surface area (TPSA) is 62.3 Å². The largest absolute Gasteiger partial charge is 0.346 e. The number of amides is 2. The Balaban J connectivity index is 1.30. The third kappa shape index (κ3) is 3.75. The number of piperidine rings is 1. The lowest BCUT2D eigenvalue weighted by atomic mass is 9.96. The van der Waals surface area contributed by atoms with Crippen LogP contribution in [-0.2, 0) is 11.3 Å². The summed E-state index contributed by atoms with van der Waals surface area (Å²) in [5.41, 5.74) is 0.671. The maximum absolute atomic E-state index is 13.0. The van der Waals surface area contributed by atoms with Crippen LogP contribution < -0.4 is 5.32 Å². The Morgan fingerprint density at radius 1 is 1.17 bits per heavy atom. The summed E-state index contributed by atoms with van der Waals surface area (Å²) in [4.78, 5) is 33.1. The number of nitrogens with one attached hydrogen (secondary N) is 1. The van der Waals surface area contributed by atoms with Crippen LogP contribution in [0.15, 0.2) is 22.9 Å². The van der Waals surface area contributed by atoms with Gasteiger partial charge in [-0.25, -0.2) is 4.98 Å². The molecule has 0 spiro atoms. The molecule has 0 unspecified atom stereocenters. The van der Waals surface area contributed by atoms with Gasteiger partial charge < -0.3 is 10.2 Å². The summed E-state index contributed by atoms with van der Waals surface area (Å²) in [7, 11) is 0. The molecule has 2 aliphatic rings. The number of carbonyl (C=O) groups is 2. The Hall–Kier alpha value is -1.73. The van der Waals surface area contributed by atoms with Crippen molar-refractivity contribution in [3.8, 4) is 0 Å². The van der Waals surface area contributed by atoms with Gasteiger partial charge in [-0.2, -0.15) is 0 Å². The van der Waals surface area contributed by atoms with E-state index in [0.717, 1.165) is 35.8 Å². The average Bonchev–Trinajstić information content (AvgIpc) is 3.23. The number of carbonyl (C=O) groups excluding carboxylic acids is 2. The summed E-state index contributed by atoms with van der Waals surface area (Å²) in [6, 6.07) is 3.99. The van der Waals surface area contributed by atoms with E-state index < -0.39 is 0 Å². The lowest BCUT2D eigenvalue weighted by Gasteiger charge is -2.31. The molecule has 1 N–H and O–H groups in total. The zero-order valence-corrected chi connectivity index (χ0v) is 19.2. The molecular weight excluding hydrogens is 402 g/mol. The standard InChI is InChI=1S/C22H29N3O2S2/c1-21(2)17(22(21,3)4)20(27)25-9-7-14(8-10-25)19-24-16(13-29-19)18(26)23-12-15-6-5-11-28-15/h5-6,11,13-14,17H,7-10,12H2,1-4H3,(H,23,26). The third-order valence-corrected chi connectivity index (χ3v) is 9.07. The van der Waals surface area contributed by atoms with E-state index in [1.807, 2.05) is 27.8 Å². The molecule has 0 radical (unpaired) electrons. The minimum absolute atomic E-state index is 0.0849. The first-order valence-electron chi connectivity index (χ1n) is 10.3. The van der Waals surface area contributed by atoms with Crippen LogP contribution in [0.3, 0.4) is 0 Å². The highest BCUT2D eigenvalue weighted by Crippen LogP contribution is 2.68. The Kier molecular flexibility index (Phi) is 5.32. The van der Waals surface area contributed by atoms with Gasteiger partial charge in [-0.15, -0.1) is 22.7 Å². The van der Waals surface area contributed by atoms with Crippen molar-refractivity contribution >= 4 is 34.5 Å². The molecule has 156 valence electrons. The van der Waals surface area contributed by atoms with Gasteiger partial charge in [0.15, 0.2) is 0 Å². The number of thiophene rings is 1. The van der Waals surface area contributed by atoms with Crippen molar-refractivity contribution < 1.29 is 9.59 Å². The number of aromatic nitrogens is 1. The van der Waals surface area contributed by atoms with Gasteiger partial charge in [-0.3, -0.25) is 9.59 Å². The van der Waals surface area contributed by atoms with Crippen molar-refractivity contribution in [1.29, 1.82) is 0 Å². The van der Waals surface area contributed by atoms with Crippen LogP contribution in [0.1, 0.15) is 66.8 Å². The second kappa shape index (κ2) is 7.51. The Morgan fingerprint density at radius 3 is 2.45 bits per heavy atom. The first-order chi connectivity index (χ1) is 13.7. The molecule has 0 bridgehead atoms. The summed E-state index contributed by atoms with van der Waals surface area (Å²) in [5.74, 6) is 0.658. The number of nitrogens with zero attached hydrogens (tertiary/aromatic N) is 2. The maximum atomic E-state index is 13.0. The molecule has 1 aliphatic carbocycles. The lowest BCUT2D eigenvalue weighted by Crippen LogP contribution is -2.40. The molecule has 1 aliphatic heterocycles. The lowest BCUT2D eigenvalue weighted by molar-refractivity contribution is -0.134. The van der Waals surface area contributed by atoms with Gasteiger partial charge in [-0.05, 0) is 35.1 Å². The van der Waals surface area contributed by atoms with Crippen molar-refractivity contribution in [2.24, 2.45) is 16.7 Å². The van der Waals surface area contributed by atoms with Crippen LogP contribution in [-0.4, -0.2) is 34.8 Å². The van der Waals surface area contributed by atoms with E-state index in [9.17, 15) is 9.59 Å². The summed E-state index contributed by atoms with van der Waals surface area (Å²) in [6.45, 7) is 10.9. The van der Waals surface area contributed by atoms with Crippen LogP contribution in [0.25, 0.3) is 0 Å². The van der Waals surface area contributed by atoms with Gasteiger partial charge in [0, 0.05) is 35.2 Å². The number of hydrogen-bond donors (Lipinski definition) is 1. The first-order valence-corrected chi connectivity index (χ1v) is 12.0. The molecule has 0 atom stereocenters. The van der Waals surface area contributed by atoms with Gasteiger partial charge in [0.1, 0.15) is 5.69 Å². The molecular formula is C22H29N3O2S2. The van der Waals surface area contributed by atoms with Gasteiger partial charge in [0.25, 0.3) is 5.91 Å². The van der Waals surface area contributed by atoms with E-state index in [1.54, 1.807) is 22.7 Å². The highest BCUT2D eigenvalue weighted by molar-refractivity contribution is 7.10. The van der Waals surface area contributed by atoms with Crippen molar-refractivity contribution in [2.45, 2.75) is 53.0 Å². The van der Waals surface area contributed by atoms with Crippen LogP contribution >= 0.6 is 22.7 Å². The molecule has 2 fully saturated rings. The van der Waals surface area contributed by atoms with Gasteiger partial charge in [0.05, 0.1) is 11.6 Å². The highest BCUT2D eigenvalue weighted by Gasteiger charge is 2.68. The Labute approximate surface area is 180 Å². The van der Waals surface area contributed by atoms with Gasteiger partial charge >= 0.3 is 0 Å². The molecule has 2 amide bonds. The summed E-state index contributed by atoms with van der Waals surface area (Å²) >= 11 is 3.19. The van der Waals surface area contributed by atoms with Gasteiger partial charge in [0.2, 0.25) is 5.91 Å². The highest BCUT2D eigenvalue weighted by atomic mass is 32.1. The van der Waals surface area contributed by atoms with Crippen molar-refractivity contribution in [3.05, 3.63) is 38.5 Å². The predicted molar refractivity (Wildman–Crippen MR) is 117 cm³/mol. The fourth-order valence-corrected chi connectivity index (χ4v) is 6.21. The van der Waals surface area contributed by atoms with Crippen molar-refractivity contribution in [1.82, 2.24) is 15.2 Å². The number of rotatable bonds is 5. The van der Waals surface area contributed by atoms with E-state index in [4.69, 9.17) is 0 Å². The van der Waals surface area contributed by atoms with Crippen molar-refractivity contribution in [3.63, 3.8) is 0 Å². The minimum atomic E-state index is -0.119. The molecule has 5 nitrogen and oxygen atoms in total. The first kappa shape index (κ1) is 20.5. The van der Waals surface area contributed by atoms with Crippen LogP contribution in [0.5, 0.6) is 0 Å². The molecule has 1 saturated heterocycles. The van der Waals surface area contributed by atoms with Crippen LogP contribution in [0.2, 0.25) is 0 Å². The van der Waals surface area contributed by atoms with E-state index in [-0.39, 0.29) is 22.7 Å². The zero-order valence-electron chi connectivity index (χ0n) is 17.5. The zero-order chi connectivity index (χ0) is 20.8. The monoisotopic (exact) mass is 431 g/mol. The molecule has 1 saturated carbocycles. The molecule has 29 heavy (non-hydrogen) atoms. The molecule has 2 aromatic rings. The molecule has 2 aromatic heterocycles. The molecule has 0 aromatic carbocycles. The Morgan fingerprint density at radius 2 is 1.86 bits per heavy atom. The number of hydrogen-bond acceptors (Lipinski definition) is 5. The minimum Gasteiger partial charge on any atom is -0.346 e. The molecule has 4 rings (SSSR count). The number of likely N-dealkylation sites (tertiary alicyclic amines) is 1. The molecule has 3 heterocycles. The van der Waals surface area contributed by atoms with E-state index >= 15 is 0 Å². The number of thiazole rings is 1. The van der Waals surface area contributed by atoms with E-state index in [2.05, 4.69) is 38.0 Å². The normalized spacial score (nSPS) is 21.2.